The van der Waals surface area contributed by atoms with Crippen molar-refractivity contribution in [3.05, 3.63) is 0 Å². The van der Waals surface area contributed by atoms with E-state index in [4.69, 9.17) is 13.8 Å². The van der Waals surface area contributed by atoms with Crippen molar-refractivity contribution in [3.8, 4) is 0 Å². The maximum atomic E-state index is 12.8. The normalized spacial score (nSPS) is 13.8. The number of Topliss-reactive ketones (excluding diaryl/α,β-unsaturated/α-hetero) is 1. The molecule has 0 heterocycles. The number of hydrogen-bond acceptors (Lipinski definition) is 6. The minimum Gasteiger partial charge on any atom is -0.463 e. The Hall–Kier alpha value is -0.790. The van der Waals surface area contributed by atoms with E-state index in [0.29, 0.717) is 23.9 Å². The van der Waals surface area contributed by atoms with Gasteiger partial charge >= 0.3 is 13.8 Å². The zero-order chi connectivity index (χ0) is 36.5. The summed E-state index contributed by atoms with van der Waals surface area (Å²) >= 11 is 0. The molecule has 1 N–H and O–H groups in total. The number of esters is 1. The number of ether oxygens (including phenoxy) is 1. The maximum Gasteiger partial charge on any atom is 0.472 e. The van der Waals surface area contributed by atoms with Crippen LogP contribution in [-0.4, -0.2) is 68.1 Å². The lowest BCUT2D eigenvalue weighted by molar-refractivity contribution is -0.870. The Labute approximate surface area is 303 Å². The number of quaternary nitrogens is 1. The van der Waals surface area contributed by atoms with Gasteiger partial charge in [-0.25, -0.2) is 4.57 Å². The van der Waals surface area contributed by atoms with E-state index < -0.39 is 13.9 Å². The number of ketones is 1. The molecular formula is C40H81NO7P+. The molecule has 0 aliphatic carbocycles. The smallest absolute Gasteiger partial charge is 0.463 e. The molecule has 0 amide bonds. The predicted octanol–water partition coefficient (Wildman–Crippen LogP) is 11.7. The highest BCUT2D eigenvalue weighted by atomic mass is 31.2. The van der Waals surface area contributed by atoms with Crippen LogP contribution in [0.3, 0.4) is 0 Å². The number of phosphoric ester groups is 1. The van der Waals surface area contributed by atoms with E-state index in [1.165, 1.54) is 128 Å². The molecule has 0 saturated carbocycles. The molecule has 0 spiro atoms. The van der Waals surface area contributed by atoms with Crippen LogP contribution < -0.4 is 0 Å². The van der Waals surface area contributed by atoms with Crippen molar-refractivity contribution in [2.75, 3.05) is 40.9 Å². The summed E-state index contributed by atoms with van der Waals surface area (Å²) in [5.41, 5.74) is 0. The minimum absolute atomic E-state index is 0.0374. The number of rotatable bonds is 38. The summed E-state index contributed by atoms with van der Waals surface area (Å²) < 4.78 is 29.3. The van der Waals surface area contributed by atoms with E-state index in [1.54, 1.807) is 0 Å². The lowest BCUT2D eigenvalue weighted by Crippen LogP contribution is -2.37. The molecule has 2 atom stereocenters. The molecule has 8 nitrogen and oxygen atoms in total. The molecule has 0 aliphatic rings. The Morgan fingerprint density at radius 1 is 0.592 bits per heavy atom. The summed E-state index contributed by atoms with van der Waals surface area (Å²) in [5.74, 6) is -0.411. The first-order valence-corrected chi connectivity index (χ1v) is 22.1. The third-order valence-corrected chi connectivity index (χ3v) is 10.3. The molecular weight excluding hydrogens is 637 g/mol. The van der Waals surface area contributed by atoms with Crippen LogP contribution in [0.1, 0.15) is 200 Å². The largest absolute Gasteiger partial charge is 0.472 e. The van der Waals surface area contributed by atoms with Gasteiger partial charge in [-0.2, -0.15) is 0 Å². The quantitative estimate of drug-likeness (QED) is 0.0293. The summed E-state index contributed by atoms with van der Waals surface area (Å²) in [6.45, 7) is 4.83. The van der Waals surface area contributed by atoms with Gasteiger partial charge in [0.05, 0.1) is 21.1 Å². The first kappa shape index (κ1) is 48.2. The second kappa shape index (κ2) is 33.1. The molecule has 0 fully saturated rings. The minimum atomic E-state index is -4.42. The number of hydrogen-bond donors (Lipinski definition) is 1. The van der Waals surface area contributed by atoms with Gasteiger partial charge in [-0.05, 0) is 12.8 Å². The third-order valence-electron chi connectivity index (χ3n) is 9.23. The molecule has 2 unspecified atom stereocenters. The molecule has 0 radical (unpaired) electrons. The number of unbranched alkanes of at least 4 members (excludes halogenated alkanes) is 24. The van der Waals surface area contributed by atoms with Crippen LogP contribution in [0.4, 0.5) is 0 Å². The Morgan fingerprint density at radius 2 is 0.959 bits per heavy atom. The second-order valence-electron chi connectivity index (χ2n) is 15.5. The van der Waals surface area contributed by atoms with Crippen LogP contribution in [-0.2, 0) is 27.9 Å². The van der Waals surface area contributed by atoms with Crippen LogP contribution in [0, 0.1) is 0 Å². The number of likely N-dealkylation sites (N-methyl/N-ethyl adjacent to an activating group) is 1. The zero-order valence-electron chi connectivity index (χ0n) is 33.0. The van der Waals surface area contributed by atoms with Crippen molar-refractivity contribution in [2.45, 2.75) is 206 Å². The van der Waals surface area contributed by atoms with E-state index in [-0.39, 0.29) is 31.4 Å². The van der Waals surface area contributed by atoms with Gasteiger partial charge in [-0.3, -0.25) is 18.6 Å². The number of phosphoric acid groups is 1. The molecule has 0 aromatic rings. The van der Waals surface area contributed by atoms with E-state index in [9.17, 15) is 19.0 Å². The average Bonchev–Trinajstić information content (AvgIpc) is 3.03. The van der Waals surface area contributed by atoms with Gasteiger partial charge in [0.2, 0.25) is 0 Å². The van der Waals surface area contributed by atoms with Crippen molar-refractivity contribution in [2.24, 2.45) is 0 Å². The molecule has 0 aromatic heterocycles. The zero-order valence-corrected chi connectivity index (χ0v) is 33.9. The summed E-state index contributed by atoms with van der Waals surface area (Å²) in [4.78, 5) is 35.6. The molecule has 9 heteroatoms. The van der Waals surface area contributed by atoms with Gasteiger partial charge in [0.25, 0.3) is 0 Å². The predicted molar refractivity (Wildman–Crippen MR) is 205 cm³/mol. The summed E-state index contributed by atoms with van der Waals surface area (Å²) in [6, 6.07) is 0. The SMILES string of the molecule is CCCCCCCCCCCCCCCC(=O)CC(COC(=O)CCCCCCCCCCCCCCC)OP(=O)(O)OCC[N+](C)(C)C. The fourth-order valence-corrected chi connectivity index (χ4v) is 6.90. The monoisotopic (exact) mass is 719 g/mol. The van der Waals surface area contributed by atoms with Crippen molar-refractivity contribution in [1.82, 2.24) is 0 Å². The summed E-state index contributed by atoms with van der Waals surface area (Å²) in [5, 5.41) is 0. The number of nitrogens with zero attached hydrogens (tertiary/aromatic N) is 1. The standard InChI is InChI=1S/C40H80NO7P/c1-6-8-10-12-14-16-18-20-22-24-26-28-30-32-38(42)36-39(48-49(44,45)47-35-34-41(3,4)5)37-46-40(43)33-31-29-27-25-23-21-19-17-15-13-11-9-7-2/h39H,6-37H2,1-5H3/p+1. The van der Waals surface area contributed by atoms with Crippen LogP contribution in [0.15, 0.2) is 0 Å². The molecule has 49 heavy (non-hydrogen) atoms. The fourth-order valence-electron chi connectivity index (χ4n) is 6.02. The van der Waals surface area contributed by atoms with E-state index in [0.717, 1.165) is 38.5 Å². The lowest BCUT2D eigenvalue weighted by Gasteiger charge is -2.25. The van der Waals surface area contributed by atoms with E-state index in [2.05, 4.69) is 13.8 Å². The van der Waals surface area contributed by atoms with Crippen LogP contribution in [0.5, 0.6) is 0 Å². The van der Waals surface area contributed by atoms with E-state index in [1.807, 2.05) is 21.1 Å². The molecule has 0 saturated heterocycles. The number of carbonyl (C=O) groups excluding carboxylic acids is 2. The van der Waals surface area contributed by atoms with Gasteiger partial charge in [0, 0.05) is 19.3 Å². The Balaban J connectivity index is 4.35. The van der Waals surface area contributed by atoms with Crippen molar-refractivity contribution >= 4 is 19.6 Å². The summed E-state index contributed by atoms with van der Waals surface area (Å²) in [6.07, 6.45) is 31.7. The van der Waals surface area contributed by atoms with Gasteiger partial charge in [0.1, 0.15) is 31.6 Å². The maximum absolute atomic E-state index is 12.8. The Morgan fingerprint density at radius 3 is 1.35 bits per heavy atom. The van der Waals surface area contributed by atoms with Gasteiger partial charge in [-0.15, -0.1) is 0 Å². The molecule has 292 valence electrons. The highest BCUT2D eigenvalue weighted by molar-refractivity contribution is 7.47. The van der Waals surface area contributed by atoms with Crippen LogP contribution in [0.2, 0.25) is 0 Å². The molecule has 0 bridgehead atoms. The average molecular weight is 719 g/mol. The summed E-state index contributed by atoms with van der Waals surface area (Å²) in [7, 11) is 1.46. The lowest BCUT2D eigenvalue weighted by atomic mass is 10.0. The van der Waals surface area contributed by atoms with Crippen LogP contribution in [0.25, 0.3) is 0 Å². The third kappa shape index (κ3) is 36.8. The first-order valence-electron chi connectivity index (χ1n) is 20.6. The molecule has 0 aliphatic heterocycles. The van der Waals surface area contributed by atoms with Gasteiger partial charge in [0.15, 0.2) is 0 Å². The van der Waals surface area contributed by atoms with Crippen molar-refractivity contribution in [3.63, 3.8) is 0 Å². The highest BCUT2D eigenvalue weighted by Gasteiger charge is 2.30. The topological polar surface area (TPSA) is 99.1 Å². The highest BCUT2D eigenvalue weighted by Crippen LogP contribution is 2.45. The van der Waals surface area contributed by atoms with Gasteiger partial charge in [-0.1, -0.05) is 168 Å². The first-order chi connectivity index (χ1) is 23.5. The second-order valence-corrected chi connectivity index (χ2v) is 16.9. The fraction of sp³-hybridized carbons (Fsp3) is 0.950. The molecule has 0 rings (SSSR count). The van der Waals surface area contributed by atoms with Crippen LogP contribution >= 0.6 is 7.82 Å². The van der Waals surface area contributed by atoms with Crippen molar-refractivity contribution in [1.29, 1.82) is 0 Å². The molecule has 0 aromatic carbocycles. The van der Waals surface area contributed by atoms with E-state index >= 15 is 0 Å². The van der Waals surface area contributed by atoms with Crippen molar-refractivity contribution < 1.29 is 37.3 Å². The Kier molecular flexibility index (Phi) is 32.5. The Bertz CT molecular complexity index is 817. The van der Waals surface area contributed by atoms with Gasteiger partial charge < -0.3 is 14.1 Å². The number of carbonyl (C=O) groups is 2.